The minimum Gasteiger partial charge on any atom is -0.478 e. The molecule has 0 aliphatic heterocycles. The summed E-state index contributed by atoms with van der Waals surface area (Å²) in [5.74, 6) is 2.10. The summed E-state index contributed by atoms with van der Waals surface area (Å²) in [7, 11) is -3.17. The van der Waals surface area contributed by atoms with Crippen molar-refractivity contribution in [3.63, 3.8) is 0 Å². The van der Waals surface area contributed by atoms with Crippen LogP contribution in [0.25, 0.3) is 0 Å². The summed E-state index contributed by atoms with van der Waals surface area (Å²) in [6.45, 7) is 12.5. The maximum absolute atomic E-state index is 11.0. The molecule has 2 nitrogen and oxygen atoms in total. The SMILES string of the molecule is C[Si](C)(C)C#C/C=C(/C(=O)O)[Si](C)(C)C. The number of hydrogen-bond acceptors (Lipinski definition) is 1. The van der Waals surface area contributed by atoms with Gasteiger partial charge in [-0.1, -0.05) is 45.2 Å². The van der Waals surface area contributed by atoms with E-state index in [1.807, 2.05) is 19.6 Å². The summed E-state index contributed by atoms with van der Waals surface area (Å²) >= 11 is 0. The van der Waals surface area contributed by atoms with Crippen molar-refractivity contribution in [3.8, 4) is 11.5 Å². The number of rotatable bonds is 2. The first-order valence-corrected chi connectivity index (χ1v) is 12.0. The number of carboxylic acids is 1. The highest BCUT2D eigenvalue weighted by atomic mass is 28.3. The van der Waals surface area contributed by atoms with Gasteiger partial charge in [-0.05, 0) is 6.08 Å². The van der Waals surface area contributed by atoms with Gasteiger partial charge in [0.25, 0.3) is 0 Å². The van der Waals surface area contributed by atoms with Crippen LogP contribution < -0.4 is 0 Å². The summed E-state index contributed by atoms with van der Waals surface area (Å²) in [6, 6.07) is 0. The molecule has 0 rings (SSSR count). The normalized spacial score (nSPS) is 13.1. The number of carboxylic acid groups (broad SMARTS) is 1. The molecule has 0 aromatic heterocycles. The van der Waals surface area contributed by atoms with E-state index in [9.17, 15) is 4.79 Å². The molecular formula is C11H20O2Si2. The van der Waals surface area contributed by atoms with Crippen LogP contribution >= 0.6 is 0 Å². The molecule has 0 heterocycles. The summed E-state index contributed by atoms with van der Waals surface area (Å²) in [6.07, 6.45) is 1.60. The van der Waals surface area contributed by atoms with Gasteiger partial charge in [-0.15, -0.1) is 5.54 Å². The van der Waals surface area contributed by atoms with E-state index in [1.54, 1.807) is 6.08 Å². The van der Waals surface area contributed by atoms with Gasteiger partial charge in [0, 0.05) is 5.20 Å². The van der Waals surface area contributed by atoms with Crippen molar-refractivity contribution >= 4 is 22.1 Å². The highest BCUT2D eigenvalue weighted by molar-refractivity contribution is 6.87. The lowest BCUT2D eigenvalue weighted by atomic mass is 10.5. The molecule has 0 saturated heterocycles. The van der Waals surface area contributed by atoms with Crippen molar-refractivity contribution in [1.82, 2.24) is 0 Å². The predicted molar refractivity (Wildman–Crippen MR) is 70.2 cm³/mol. The Labute approximate surface area is 94.4 Å². The van der Waals surface area contributed by atoms with Crippen LogP contribution in [-0.2, 0) is 4.79 Å². The minimum absolute atomic E-state index is 0.508. The van der Waals surface area contributed by atoms with E-state index in [4.69, 9.17) is 5.11 Å². The third kappa shape index (κ3) is 6.31. The van der Waals surface area contributed by atoms with Crippen LogP contribution in [0.2, 0.25) is 39.3 Å². The molecule has 0 unspecified atom stereocenters. The van der Waals surface area contributed by atoms with E-state index in [0.717, 1.165) is 0 Å². The first-order valence-electron chi connectivity index (χ1n) is 5.01. The second-order valence-corrected chi connectivity index (χ2v) is 15.4. The lowest BCUT2D eigenvalue weighted by Gasteiger charge is -2.15. The molecule has 0 saturated carbocycles. The van der Waals surface area contributed by atoms with Crippen LogP contribution in [0.5, 0.6) is 0 Å². The third-order valence-corrected chi connectivity index (χ3v) is 4.57. The Morgan fingerprint density at radius 2 is 1.60 bits per heavy atom. The second-order valence-electron chi connectivity index (χ2n) is 5.63. The van der Waals surface area contributed by atoms with E-state index in [1.165, 1.54) is 0 Å². The van der Waals surface area contributed by atoms with Crippen molar-refractivity contribution in [3.05, 3.63) is 11.3 Å². The van der Waals surface area contributed by atoms with E-state index < -0.39 is 22.1 Å². The number of allylic oxidation sites excluding steroid dienone is 1. The molecule has 84 valence electrons. The van der Waals surface area contributed by atoms with Gasteiger partial charge in [-0.25, -0.2) is 4.79 Å². The molecule has 0 aromatic rings. The molecule has 0 aliphatic carbocycles. The molecule has 1 N–H and O–H groups in total. The molecule has 0 fully saturated rings. The average Bonchev–Trinajstić information content (AvgIpc) is 1.92. The molecule has 0 atom stereocenters. The molecule has 0 spiro atoms. The van der Waals surface area contributed by atoms with Crippen molar-refractivity contribution in [2.75, 3.05) is 0 Å². The van der Waals surface area contributed by atoms with E-state index in [0.29, 0.717) is 5.20 Å². The summed E-state index contributed by atoms with van der Waals surface area (Å²) in [5.41, 5.74) is 3.15. The largest absolute Gasteiger partial charge is 0.478 e. The Balaban J connectivity index is 5.04. The van der Waals surface area contributed by atoms with Gasteiger partial charge in [0.1, 0.15) is 8.07 Å². The van der Waals surface area contributed by atoms with Crippen LogP contribution in [0.15, 0.2) is 11.3 Å². The topological polar surface area (TPSA) is 37.3 Å². The maximum atomic E-state index is 11.0. The molecule has 15 heavy (non-hydrogen) atoms. The Morgan fingerprint density at radius 3 is 1.87 bits per heavy atom. The lowest BCUT2D eigenvalue weighted by Crippen LogP contribution is -2.29. The van der Waals surface area contributed by atoms with Gasteiger partial charge >= 0.3 is 5.97 Å². The van der Waals surface area contributed by atoms with Crippen LogP contribution in [-0.4, -0.2) is 27.2 Å². The van der Waals surface area contributed by atoms with Crippen LogP contribution in [0, 0.1) is 11.5 Å². The molecule has 0 amide bonds. The van der Waals surface area contributed by atoms with Crippen molar-refractivity contribution in [2.24, 2.45) is 0 Å². The van der Waals surface area contributed by atoms with Gasteiger partial charge in [0.2, 0.25) is 0 Å². The van der Waals surface area contributed by atoms with Gasteiger partial charge in [0.15, 0.2) is 0 Å². The number of aliphatic carboxylic acids is 1. The first-order chi connectivity index (χ1) is 6.54. The lowest BCUT2D eigenvalue weighted by molar-refractivity contribution is -0.131. The standard InChI is InChI=1S/C11H20O2Si2/c1-14(2,3)9-7-8-10(11(12)13)15(4,5)6/h8H,1-6H3,(H,12,13)/b10-8-. The zero-order chi connectivity index (χ0) is 12.3. The quantitative estimate of drug-likeness (QED) is 0.458. The van der Waals surface area contributed by atoms with Gasteiger partial charge in [-0.3, -0.25) is 0 Å². The molecule has 0 aliphatic rings. The highest BCUT2D eigenvalue weighted by Crippen LogP contribution is 2.14. The molecule has 0 aromatic carbocycles. The molecule has 4 heteroatoms. The molecule has 0 radical (unpaired) electrons. The Kier molecular flexibility index (Phi) is 4.56. The van der Waals surface area contributed by atoms with E-state index >= 15 is 0 Å². The zero-order valence-corrected chi connectivity index (χ0v) is 12.4. The smallest absolute Gasteiger partial charge is 0.328 e. The first kappa shape index (κ1) is 14.2. The fourth-order valence-corrected chi connectivity index (χ4v) is 2.58. The van der Waals surface area contributed by atoms with Crippen LogP contribution in [0.1, 0.15) is 0 Å². The van der Waals surface area contributed by atoms with E-state index in [2.05, 4.69) is 31.1 Å². The predicted octanol–water partition coefficient (Wildman–Crippen LogP) is 2.76. The van der Waals surface area contributed by atoms with Crippen molar-refractivity contribution < 1.29 is 9.90 Å². The van der Waals surface area contributed by atoms with Crippen LogP contribution in [0.3, 0.4) is 0 Å². The minimum atomic E-state index is -1.77. The van der Waals surface area contributed by atoms with Crippen molar-refractivity contribution in [2.45, 2.75) is 39.3 Å². The summed E-state index contributed by atoms with van der Waals surface area (Å²) in [4.78, 5) is 11.0. The highest BCUT2D eigenvalue weighted by Gasteiger charge is 2.24. The van der Waals surface area contributed by atoms with Gasteiger partial charge in [-0.2, -0.15) is 0 Å². The fourth-order valence-electron chi connectivity index (χ4n) is 0.924. The number of hydrogen-bond donors (Lipinski definition) is 1. The Hall–Kier alpha value is -0.796. The second kappa shape index (κ2) is 4.82. The molecular weight excluding hydrogens is 220 g/mol. The monoisotopic (exact) mass is 240 g/mol. The van der Waals surface area contributed by atoms with Gasteiger partial charge in [0.05, 0.1) is 8.07 Å². The fraction of sp³-hybridized carbons (Fsp3) is 0.545. The molecule has 0 bridgehead atoms. The van der Waals surface area contributed by atoms with Crippen LogP contribution in [0.4, 0.5) is 0 Å². The number of carbonyl (C=O) groups is 1. The van der Waals surface area contributed by atoms with Gasteiger partial charge < -0.3 is 5.11 Å². The van der Waals surface area contributed by atoms with Crippen molar-refractivity contribution in [1.29, 1.82) is 0 Å². The Bertz CT molecular complexity index is 332. The Morgan fingerprint density at radius 1 is 1.13 bits per heavy atom. The van der Waals surface area contributed by atoms with E-state index in [-0.39, 0.29) is 0 Å². The summed E-state index contributed by atoms with van der Waals surface area (Å²) in [5, 5.41) is 9.56. The maximum Gasteiger partial charge on any atom is 0.328 e. The summed E-state index contributed by atoms with van der Waals surface area (Å²) < 4.78 is 0. The third-order valence-electron chi connectivity index (χ3n) is 1.70. The zero-order valence-electron chi connectivity index (χ0n) is 10.4. The average molecular weight is 240 g/mol.